The lowest BCUT2D eigenvalue weighted by molar-refractivity contribution is 0.462. The first kappa shape index (κ1) is 12.4. The van der Waals surface area contributed by atoms with Gasteiger partial charge in [-0.3, -0.25) is 0 Å². The van der Waals surface area contributed by atoms with E-state index < -0.39 is 0 Å². The monoisotopic (exact) mass is 209 g/mol. The molecule has 0 aliphatic heterocycles. The topological polar surface area (TPSA) is 27.0 Å². The van der Waals surface area contributed by atoms with Crippen LogP contribution in [-0.2, 0) is 6.42 Å². The molecule has 0 atom stereocenters. The Kier molecular flexibility index (Phi) is 5.85. The van der Waals surface area contributed by atoms with Crippen molar-refractivity contribution in [2.45, 2.75) is 12.8 Å². The summed E-state index contributed by atoms with van der Waals surface area (Å²) in [6.07, 6.45) is 6.81. The van der Waals surface area contributed by atoms with E-state index in [9.17, 15) is 0 Å². The lowest BCUT2D eigenvalue weighted by Gasteiger charge is -2.16. The largest absolute Gasteiger partial charge is 0.351 e. The van der Waals surface area contributed by atoms with Crippen LogP contribution in [-0.4, -0.2) is 25.3 Å². The molecule has 0 saturated carbocycles. The van der Waals surface area contributed by atoms with Crippen LogP contribution in [0.5, 0.6) is 0 Å². The molecule has 0 amide bonds. The first-order chi connectivity index (χ1) is 7.86. The average Bonchev–Trinajstić information content (AvgIpc) is 2.34. The molecule has 0 aliphatic rings. The van der Waals surface area contributed by atoms with Crippen molar-refractivity contribution >= 4 is 7.41 Å². The van der Waals surface area contributed by atoms with Crippen LogP contribution in [0, 0.1) is 23.6 Å². The van der Waals surface area contributed by atoms with Crippen LogP contribution in [0.4, 0.5) is 0 Å². The highest BCUT2D eigenvalue weighted by Crippen LogP contribution is 2.01. The molecule has 1 rings (SSSR count). The van der Waals surface area contributed by atoms with Gasteiger partial charge in [0.2, 0.25) is 0 Å². The number of rotatable bonds is 6. The number of hydrogen-bond donors (Lipinski definition) is 0. The first-order valence-electron chi connectivity index (χ1n) is 5.31. The molecule has 0 aromatic heterocycles. The van der Waals surface area contributed by atoms with Crippen LogP contribution in [0.15, 0.2) is 30.3 Å². The molecule has 1 radical (unpaired) electrons. The van der Waals surface area contributed by atoms with Crippen LogP contribution in [0.2, 0.25) is 0 Å². The Hall–Kier alpha value is -1.71. The second kappa shape index (κ2) is 7.57. The Morgan fingerprint density at radius 3 is 2.62 bits per heavy atom. The van der Waals surface area contributed by atoms with E-state index >= 15 is 0 Å². The predicted molar refractivity (Wildman–Crippen MR) is 66.5 cm³/mol. The molecule has 1 aromatic carbocycles. The molecule has 3 heteroatoms. The molecule has 0 aliphatic carbocycles. The Morgan fingerprint density at radius 2 is 2.00 bits per heavy atom. The third-order valence-corrected chi connectivity index (χ3v) is 2.31. The van der Waals surface area contributed by atoms with Gasteiger partial charge in [-0.25, -0.2) is 5.26 Å². The van der Waals surface area contributed by atoms with Crippen LogP contribution in [0.3, 0.4) is 0 Å². The van der Waals surface area contributed by atoms with Gasteiger partial charge in [-0.1, -0.05) is 30.3 Å². The summed E-state index contributed by atoms with van der Waals surface area (Å²) in [4.78, 5) is 1.97. The zero-order valence-electron chi connectivity index (χ0n) is 9.26. The molecule has 0 bridgehead atoms. The van der Waals surface area contributed by atoms with E-state index in [1.54, 1.807) is 7.41 Å². The molecule has 79 valence electrons. The number of terminal acetylenes is 1. The summed E-state index contributed by atoms with van der Waals surface area (Å²) in [5.41, 5.74) is 1.28. The minimum atomic E-state index is 0.674. The molecule has 0 N–H and O–H groups in total. The van der Waals surface area contributed by atoms with E-state index in [0.29, 0.717) is 6.42 Å². The highest BCUT2D eigenvalue weighted by molar-refractivity contribution is 6.41. The summed E-state index contributed by atoms with van der Waals surface area (Å²) in [7, 11) is 1.54. The molecular formula is C13H14BN2. The van der Waals surface area contributed by atoms with Gasteiger partial charge in [0.1, 0.15) is 0 Å². The van der Waals surface area contributed by atoms with Crippen LogP contribution < -0.4 is 0 Å². The molecule has 16 heavy (non-hydrogen) atoms. The van der Waals surface area contributed by atoms with E-state index in [-0.39, 0.29) is 0 Å². The maximum Gasteiger partial charge on any atom is 0.351 e. The van der Waals surface area contributed by atoms with E-state index in [0.717, 1.165) is 19.5 Å². The molecule has 0 fully saturated rings. The van der Waals surface area contributed by atoms with E-state index in [1.165, 1.54) is 5.56 Å². The third kappa shape index (κ3) is 4.69. The Labute approximate surface area is 98.1 Å². The highest BCUT2D eigenvalue weighted by atomic mass is 15.0. The fourth-order valence-electron chi connectivity index (χ4n) is 1.45. The van der Waals surface area contributed by atoms with Gasteiger partial charge in [-0.05, 0) is 25.1 Å². The molecule has 2 nitrogen and oxygen atoms in total. The van der Waals surface area contributed by atoms with Gasteiger partial charge in [0.15, 0.2) is 0 Å². The summed E-state index contributed by atoms with van der Waals surface area (Å²) in [6.45, 7) is 1.58. The van der Waals surface area contributed by atoms with Crippen LogP contribution >= 0.6 is 0 Å². The lowest BCUT2D eigenvalue weighted by atomic mass is 9.93. The standard InChI is InChI=1S/C13H14BN2/c1-2-3-10-16(14-12-15)11-9-13-7-5-4-6-8-13/h1,4-8H,3,9-11H2. The van der Waals surface area contributed by atoms with Crippen molar-refractivity contribution < 1.29 is 0 Å². The second-order valence-corrected chi connectivity index (χ2v) is 3.48. The highest BCUT2D eigenvalue weighted by Gasteiger charge is 2.05. The minimum Gasteiger partial charge on any atom is -0.332 e. The van der Waals surface area contributed by atoms with Gasteiger partial charge in [0.05, 0.1) is 0 Å². The van der Waals surface area contributed by atoms with Crippen LogP contribution in [0.25, 0.3) is 0 Å². The Bertz CT molecular complexity index is 375. The SMILES string of the molecule is C#CCCN([B]C#N)CCc1ccccc1. The zero-order valence-corrected chi connectivity index (χ0v) is 9.26. The smallest absolute Gasteiger partial charge is 0.332 e. The normalized spacial score (nSPS) is 9.44. The van der Waals surface area contributed by atoms with Crippen molar-refractivity contribution in [1.29, 1.82) is 5.26 Å². The van der Waals surface area contributed by atoms with Gasteiger partial charge in [-0.2, -0.15) is 0 Å². The van der Waals surface area contributed by atoms with Crippen LogP contribution in [0.1, 0.15) is 12.0 Å². The molecule has 0 spiro atoms. The summed E-state index contributed by atoms with van der Waals surface area (Å²) < 4.78 is 0. The summed E-state index contributed by atoms with van der Waals surface area (Å²) in [5, 5.41) is 8.63. The predicted octanol–water partition coefficient (Wildman–Crippen LogP) is 1.65. The maximum atomic E-state index is 8.63. The minimum absolute atomic E-state index is 0.674. The van der Waals surface area contributed by atoms with E-state index in [4.69, 9.17) is 11.7 Å². The van der Waals surface area contributed by atoms with Crippen molar-refractivity contribution in [3.8, 4) is 18.3 Å². The van der Waals surface area contributed by atoms with Gasteiger partial charge >= 0.3 is 7.41 Å². The molecular weight excluding hydrogens is 195 g/mol. The van der Waals surface area contributed by atoms with Gasteiger partial charge < -0.3 is 4.81 Å². The molecule has 0 saturated heterocycles. The van der Waals surface area contributed by atoms with E-state index in [2.05, 4.69) is 18.1 Å². The van der Waals surface area contributed by atoms with Crippen molar-refractivity contribution in [3.63, 3.8) is 0 Å². The Balaban J connectivity index is 2.38. The lowest BCUT2D eigenvalue weighted by Crippen LogP contribution is -2.30. The molecule has 0 heterocycles. The number of nitriles is 1. The van der Waals surface area contributed by atoms with Crippen molar-refractivity contribution in [2.24, 2.45) is 0 Å². The fraction of sp³-hybridized carbons (Fsp3) is 0.308. The van der Waals surface area contributed by atoms with Gasteiger partial charge in [0.25, 0.3) is 0 Å². The molecule has 0 unspecified atom stereocenters. The zero-order chi connectivity index (χ0) is 11.6. The first-order valence-corrected chi connectivity index (χ1v) is 5.31. The number of hydrogen-bond acceptors (Lipinski definition) is 2. The second-order valence-electron chi connectivity index (χ2n) is 3.48. The van der Waals surface area contributed by atoms with Gasteiger partial charge in [-0.15, -0.1) is 12.3 Å². The summed E-state index contributed by atoms with van der Waals surface area (Å²) in [6, 6.07) is 10.2. The maximum absolute atomic E-state index is 8.63. The van der Waals surface area contributed by atoms with Crippen molar-refractivity contribution in [2.75, 3.05) is 13.1 Å². The average molecular weight is 209 g/mol. The number of benzene rings is 1. The van der Waals surface area contributed by atoms with E-state index in [1.807, 2.05) is 29.0 Å². The van der Waals surface area contributed by atoms with Crippen molar-refractivity contribution in [3.05, 3.63) is 35.9 Å². The fourth-order valence-corrected chi connectivity index (χ4v) is 1.45. The van der Waals surface area contributed by atoms with Gasteiger partial charge in [0, 0.05) is 12.4 Å². The Morgan fingerprint density at radius 1 is 1.25 bits per heavy atom. The quantitative estimate of drug-likeness (QED) is 0.526. The molecule has 1 aromatic rings. The number of nitrogens with zero attached hydrogens (tertiary/aromatic N) is 2. The summed E-state index contributed by atoms with van der Waals surface area (Å²) >= 11 is 0. The summed E-state index contributed by atoms with van der Waals surface area (Å²) in [5.74, 6) is 4.63. The van der Waals surface area contributed by atoms with Crippen molar-refractivity contribution in [1.82, 2.24) is 4.81 Å². The third-order valence-electron chi connectivity index (χ3n) is 2.31.